The predicted molar refractivity (Wildman–Crippen MR) is 69.2 cm³/mol. The lowest BCUT2D eigenvalue weighted by Gasteiger charge is -2.38. The van der Waals surface area contributed by atoms with Crippen LogP contribution in [0.3, 0.4) is 0 Å². The summed E-state index contributed by atoms with van der Waals surface area (Å²) in [5, 5.41) is 0. The number of carbonyl (C=O) groups is 1. The van der Waals surface area contributed by atoms with E-state index in [0.717, 1.165) is 26.1 Å². The average Bonchev–Trinajstić information content (AvgIpc) is 2.87. The van der Waals surface area contributed by atoms with Gasteiger partial charge in [0.2, 0.25) is 0 Å². The summed E-state index contributed by atoms with van der Waals surface area (Å²) in [6.07, 6.45) is 1.05. The van der Waals surface area contributed by atoms with Crippen molar-refractivity contribution in [2.24, 2.45) is 5.73 Å². The minimum atomic E-state index is -0.0266. The second-order valence-corrected chi connectivity index (χ2v) is 4.76. The Morgan fingerprint density at radius 2 is 2.28 bits per heavy atom. The van der Waals surface area contributed by atoms with Gasteiger partial charge in [-0.1, -0.05) is 6.92 Å². The Morgan fingerprint density at radius 3 is 2.89 bits per heavy atom. The molecule has 2 N–H and O–H groups in total. The Balaban J connectivity index is 2.05. The van der Waals surface area contributed by atoms with Crippen molar-refractivity contribution in [3.63, 3.8) is 0 Å². The summed E-state index contributed by atoms with van der Waals surface area (Å²) in [7, 11) is 2.11. The molecule has 0 bridgehead atoms. The molecule has 1 aliphatic rings. The van der Waals surface area contributed by atoms with Crippen molar-refractivity contribution < 1.29 is 9.21 Å². The third-order valence-corrected chi connectivity index (χ3v) is 3.61. The van der Waals surface area contributed by atoms with E-state index in [4.69, 9.17) is 10.2 Å². The smallest absolute Gasteiger partial charge is 0.289 e. The van der Waals surface area contributed by atoms with E-state index in [0.29, 0.717) is 24.1 Å². The number of likely N-dealkylation sites (N-methyl/N-ethyl adjacent to an activating group) is 1. The van der Waals surface area contributed by atoms with E-state index in [2.05, 4.69) is 18.9 Å². The van der Waals surface area contributed by atoms with Gasteiger partial charge < -0.3 is 15.1 Å². The molecule has 0 saturated carbocycles. The minimum Gasteiger partial charge on any atom is -0.455 e. The summed E-state index contributed by atoms with van der Waals surface area (Å²) in [4.78, 5) is 16.4. The molecular weight excluding hydrogens is 230 g/mol. The average molecular weight is 251 g/mol. The maximum atomic E-state index is 12.3. The molecule has 0 aromatic carbocycles. The Bertz CT molecular complexity index is 416. The van der Waals surface area contributed by atoms with Crippen molar-refractivity contribution in [3.05, 3.63) is 23.7 Å². The normalized spacial score (nSPS) is 21.3. The van der Waals surface area contributed by atoms with Crippen LogP contribution in [0, 0.1) is 0 Å². The fourth-order valence-electron chi connectivity index (χ4n) is 2.33. The van der Waals surface area contributed by atoms with Gasteiger partial charge in [0.15, 0.2) is 5.76 Å². The van der Waals surface area contributed by atoms with E-state index in [-0.39, 0.29) is 5.91 Å². The third kappa shape index (κ3) is 2.57. The highest BCUT2D eigenvalue weighted by Crippen LogP contribution is 2.15. The highest BCUT2D eigenvalue weighted by atomic mass is 16.4. The Labute approximate surface area is 108 Å². The first-order chi connectivity index (χ1) is 8.65. The quantitative estimate of drug-likeness (QED) is 0.867. The molecule has 0 aliphatic carbocycles. The second kappa shape index (κ2) is 5.54. The number of nitrogens with two attached hydrogens (primary N) is 1. The lowest BCUT2D eigenvalue weighted by molar-refractivity contribution is 0.0511. The van der Waals surface area contributed by atoms with Crippen LogP contribution in [0.2, 0.25) is 0 Å². The summed E-state index contributed by atoms with van der Waals surface area (Å²) in [6, 6.07) is 3.91. The number of nitrogens with zero attached hydrogens (tertiary/aromatic N) is 2. The number of furan rings is 1. The van der Waals surface area contributed by atoms with Crippen LogP contribution in [0.15, 0.2) is 16.5 Å². The van der Waals surface area contributed by atoms with Crippen molar-refractivity contribution in [1.82, 2.24) is 9.80 Å². The first-order valence-corrected chi connectivity index (χ1v) is 6.44. The summed E-state index contributed by atoms with van der Waals surface area (Å²) in [5.41, 5.74) is 5.48. The molecule has 5 nitrogen and oxygen atoms in total. The van der Waals surface area contributed by atoms with E-state index >= 15 is 0 Å². The number of hydrogen-bond acceptors (Lipinski definition) is 4. The zero-order chi connectivity index (χ0) is 13.1. The zero-order valence-electron chi connectivity index (χ0n) is 11.1. The Kier molecular flexibility index (Phi) is 4.04. The van der Waals surface area contributed by atoms with Crippen LogP contribution < -0.4 is 5.73 Å². The highest BCUT2D eigenvalue weighted by Gasteiger charge is 2.28. The molecule has 0 spiro atoms. The molecule has 0 radical (unpaired) electrons. The number of amides is 1. The fraction of sp³-hybridized carbons (Fsp3) is 0.615. The number of piperazine rings is 1. The predicted octanol–water partition coefficient (Wildman–Crippen LogP) is 0.905. The number of carbonyl (C=O) groups excluding carboxylic acids is 1. The van der Waals surface area contributed by atoms with Crippen LogP contribution in [-0.4, -0.2) is 48.4 Å². The van der Waals surface area contributed by atoms with Crippen LogP contribution in [0.5, 0.6) is 0 Å². The highest BCUT2D eigenvalue weighted by molar-refractivity contribution is 5.91. The molecule has 1 fully saturated rings. The minimum absolute atomic E-state index is 0.0266. The lowest BCUT2D eigenvalue weighted by atomic mass is 10.1. The second-order valence-electron chi connectivity index (χ2n) is 4.76. The Hall–Kier alpha value is -1.33. The molecule has 1 aromatic rings. The first-order valence-electron chi connectivity index (χ1n) is 6.44. The van der Waals surface area contributed by atoms with Gasteiger partial charge in [0.1, 0.15) is 5.76 Å². The van der Waals surface area contributed by atoms with Gasteiger partial charge in [0.05, 0.1) is 6.54 Å². The molecular formula is C13H21N3O2. The number of hydrogen-bond donors (Lipinski definition) is 1. The van der Waals surface area contributed by atoms with E-state index < -0.39 is 0 Å². The standard InChI is InChI=1S/C13H21N3O2/c1-3-10-9-16(7-6-15(10)2)13(17)12-5-4-11(8-14)18-12/h4-5,10H,3,6-9,14H2,1-2H3. The fourth-order valence-corrected chi connectivity index (χ4v) is 2.33. The molecule has 1 unspecified atom stereocenters. The van der Waals surface area contributed by atoms with Crippen molar-refractivity contribution in [2.75, 3.05) is 26.7 Å². The van der Waals surface area contributed by atoms with Gasteiger partial charge in [-0.05, 0) is 25.6 Å². The molecule has 5 heteroatoms. The van der Waals surface area contributed by atoms with E-state index in [1.165, 1.54) is 0 Å². The molecule has 1 aromatic heterocycles. The molecule has 100 valence electrons. The molecule has 1 atom stereocenters. The van der Waals surface area contributed by atoms with Gasteiger partial charge in [-0.2, -0.15) is 0 Å². The van der Waals surface area contributed by atoms with Gasteiger partial charge in [-0.3, -0.25) is 9.69 Å². The molecule has 2 rings (SSSR count). The van der Waals surface area contributed by atoms with Crippen LogP contribution in [-0.2, 0) is 6.54 Å². The van der Waals surface area contributed by atoms with Crippen molar-refractivity contribution in [3.8, 4) is 0 Å². The summed E-state index contributed by atoms with van der Waals surface area (Å²) < 4.78 is 5.41. The van der Waals surface area contributed by atoms with Crippen LogP contribution in [0.1, 0.15) is 29.7 Å². The van der Waals surface area contributed by atoms with Crippen LogP contribution >= 0.6 is 0 Å². The van der Waals surface area contributed by atoms with Gasteiger partial charge in [-0.25, -0.2) is 0 Å². The van der Waals surface area contributed by atoms with Crippen molar-refractivity contribution in [2.45, 2.75) is 25.9 Å². The molecule has 1 saturated heterocycles. The van der Waals surface area contributed by atoms with E-state index in [1.54, 1.807) is 12.1 Å². The molecule has 1 amide bonds. The van der Waals surface area contributed by atoms with Gasteiger partial charge in [-0.15, -0.1) is 0 Å². The Morgan fingerprint density at radius 1 is 1.50 bits per heavy atom. The van der Waals surface area contributed by atoms with Gasteiger partial charge in [0, 0.05) is 25.7 Å². The molecule has 1 aliphatic heterocycles. The van der Waals surface area contributed by atoms with Gasteiger partial charge >= 0.3 is 0 Å². The monoisotopic (exact) mass is 251 g/mol. The summed E-state index contributed by atoms with van der Waals surface area (Å²) in [6.45, 7) is 4.91. The summed E-state index contributed by atoms with van der Waals surface area (Å²) in [5.74, 6) is 1.02. The largest absolute Gasteiger partial charge is 0.455 e. The number of rotatable bonds is 3. The molecule has 18 heavy (non-hydrogen) atoms. The maximum absolute atomic E-state index is 12.3. The first kappa shape index (κ1) is 13.1. The van der Waals surface area contributed by atoms with E-state index in [9.17, 15) is 4.79 Å². The van der Waals surface area contributed by atoms with Crippen molar-refractivity contribution >= 4 is 5.91 Å². The van der Waals surface area contributed by atoms with E-state index in [1.807, 2.05) is 4.90 Å². The zero-order valence-corrected chi connectivity index (χ0v) is 11.1. The third-order valence-electron chi connectivity index (χ3n) is 3.61. The summed E-state index contributed by atoms with van der Waals surface area (Å²) >= 11 is 0. The van der Waals surface area contributed by atoms with Gasteiger partial charge in [0.25, 0.3) is 5.91 Å². The molecule has 2 heterocycles. The maximum Gasteiger partial charge on any atom is 0.289 e. The van der Waals surface area contributed by atoms with Crippen LogP contribution in [0.25, 0.3) is 0 Å². The van der Waals surface area contributed by atoms with Crippen LogP contribution in [0.4, 0.5) is 0 Å². The lowest BCUT2D eigenvalue weighted by Crippen LogP contribution is -2.52. The topological polar surface area (TPSA) is 62.7 Å². The SMILES string of the molecule is CCC1CN(C(=O)c2ccc(CN)o2)CCN1C. The van der Waals surface area contributed by atoms with Crippen molar-refractivity contribution in [1.29, 1.82) is 0 Å².